The minimum absolute atomic E-state index is 0.104. The number of carbonyl (C=O) groups is 2. The molecule has 1 aliphatic heterocycles. The number of aromatic nitrogens is 2. The average Bonchev–Trinajstić information content (AvgIpc) is 2.55. The van der Waals surface area contributed by atoms with E-state index in [1.807, 2.05) is 26.8 Å². The Balaban J connectivity index is 1.90. The lowest BCUT2D eigenvalue weighted by molar-refractivity contribution is -0.123. The highest BCUT2D eigenvalue weighted by atomic mass is 16.6. The summed E-state index contributed by atoms with van der Waals surface area (Å²) in [6.07, 6.45) is -0.275. The molecule has 8 heteroatoms. The van der Waals surface area contributed by atoms with Crippen LogP contribution in [0, 0.1) is 5.41 Å². The molecule has 2 rings (SSSR count). The first-order valence-corrected chi connectivity index (χ1v) is 8.13. The maximum Gasteiger partial charge on any atom is 0.409 e. The van der Waals surface area contributed by atoms with Gasteiger partial charge in [-0.05, 0) is 19.1 Å². The molecule has 0 spiro atoms. The highest BCUT2D eigenvalue weighted by molar-refractivity contribution is 5.93. The van der Waals surface area contributed by atoms with Gasteiger partial charge in [-0.25, -0.2) is 4.79 Å². The second-order valence-electron chi connectivity index (χ2n) is 6.65. The van der Waals surface area contributed by atoms with Crippen LogP contribution in [0.3, 0.4) is 0 Å². The van der Waals surface area contributed by atoms with Crippen molar-refractivity contribution in [1.82, 2.24) is 15.1 Å². The predicted molar refractivity (Wildman–Crippen MR) is 90.9 cm³/mol. The Labute approximate surface area is 142 Å². The summed E-state index contributed by atoms with van der Waals surface area (Å²) in [7, 11) is 0. The van der Waals surface area contributed by atoms with Crippen molar-refractivity contribution in [2.75, 3.05) is 43.0 Å². The maximum absolute atomic E-state index is 11.9. The molecule has 0 unspecified atom stereocenters. The van der Waals surface area contributed by atoms with Crippen molar-refractivity contribution in [1.29, 1.82) is 0 Å². The van der Waals surface area contributed by atoms with Gasteiger partial charge in [0.1, 0.15) is 0 Å². The van der Waals surface area contributed by atoms with Crippen LogP contribution in [0.5, 0.6) is 0 Å². The number of hydrogen-bond donors (Lipinski definition) is 1. The molecule has 0 saturated carbocycles. The third-order valence-electron chi connectivity index (χ3n) is 3.70. The van der Waals surface area contributed by atoms with Crippen LogP contribution in [0.1, 0.15) is 27.7 Å². The number of piperazine rings is 1. The fourth-order valence-corrected chi connectivity index (χ4v) is 2.20. The van der Waals surface area contributed by atoms with Crippen LogP contribution in [-0.2, 0) is 9.53 Å². The maximum atomic E-state index is 11.9. The van der Waals surface area contributed by atoms with E-state index in [1.165, 1.54) is 0 Å². The summed E-state index contributed by atoms with van der Waals surface area (Å²) >= 11 is 0. The average molecular weight is 335 g/mol. The Hall–Kier alpha value is -2.38. The molecule has 0 radical (unpaired) electrons. The summed E-state index contributed by atoms with van der Waals surface area (Å²) in [4.78, 5) is 27.4. The second-order valence-corrected chi connectivity index (χ2v) is 6.65. The van der Waals surface area contributed by atoms with Gasteiger partial charge in [-0.2, -0.15) is 0 Å². The summed E-state index contributed by atoms with van der Waals surface area (Å²) in [5, 5.41) is 11.0. The van der Waals surface area contributed by atoms with E-state index >= 15 is 0 Å². The molecule has 132 valence electrons. The number of ether oxygens (including phenoxy) is 1. The minimum Gasteiger partial charge on any atom is -0.450 e. The second kappa shape index (κ2) is 7.46. The van der Waals surface area contributed by atoms with Gasteiger partial charge in [-0.1, -0.05) is 20.8 Å². The highest BCUT2D eigenvalue weighted by Crippen LogP contribution is 2.18. The van der Waals surface area contributed by atoms with Crippen molar-refractivity contribution < 1.29 is 14.3 Å². The molecule has 8 nitrogen and oxygen atoms in total. The summed E-state index contributed by atoms with van der Waals surface area (Å²) in [5.74, 6) is 1.06. The van der Waals surface area contributed by atoms with Gasteiger partial charge in [-0.3, -0.25) is 4.79 Å². The Bertz CT molecular complexity index is 574. The number of carbonyl (C=O) groups excluding carboxylic acids is 2. The largest absolute Gasteiger partial charge is 0.450 e. The van der Waals surface area contributed by atoms with Gasteiger partial charge in [0.25, 0.3) is 0 Å². The molecule has 1 aromatic heterocycles. The van der Waals surface area contributed by atoms with Crippen LogP contribution in [0.2, 0.25) is 0 Å². The summed E-state index contributed by atoms with van der Waals surface area (Å²) in [5.41, 5.74) is -0.482. The van der Waals surface area contributed by atoms with Gasteiger partial charge in [0.05, 0.1) is 6.61 Å². The lowest BCUT2D eigenvalue weighted by atomic mass is 9.96. The fraction of sp³-hybridized carbons (Fsp3) is 0.625. The van der Waals surface area contributed by atoms with Crippen molar-refractivity contribution >= 4 is 23.6 Å². The normalized spacial score (nSPS) is 15.2. The van der Waals surface area contributed by atoms with E-state index in [9.17, 15) is 9.59 Å². The zero-order chi connectivity index (χ0) is 17.7. The molecule has 24 heavy (non-hydrogen) atoms. The van der Waals surface area contributed by atoms with E-state index in [-0.39, 0.29) is 12.0 Å². The van der Waals surface area contributed by atoms with Gasteiger partial charge < -0.3 is 19.9 Å². The Kier molecular flexibility index (Phi) is 5.58. The number of rotatable bonds is 3. The predicted octanol–water partition coefficient (Wildman–Crippen LogP) is 1.74. The lowest BCUT2D eigenvalue weighted by Gasteiger charge is -2.34. The number of nitrogens with zero attached hydrogens (tertiary/aromatic N) is 4. The molecule has 0 aromatic carbocycles. The van der Waals surface area contributed by atoms with E-state index in [2.05, 4.69) is 20.4 Å². The van der Waals surface area contributed by atoms with Crippen LogP contribution in [0.15, 0.2) is 12.1 Å². The van der Waals surface area contributed by atoms with Crippen molar-refractivity contribution in [2.45, 2.75) is 27.7 Å². The molecule has 1 N–H and O–H groups in total. The quantitative estimate of drug-likeness (QED) is 0.905. The number of hydrogen-bond acceptors (Lipinski definition) is 6. The summed E-state index contributed by atoms with van der Waals surface area (Å²) in [6.45, 7) is 10.2. The standard InChI is InChI=1S/C16H25N5O3/c1-5-24-15(23)21-10-8-20(9-11-21)13-7-6-12(18-19-13)17-14(22)16(2,3)4/h6-7H,5,8-11H2,1-4H3,(H,17,18,22). The van der Waals surface area contributed by atoms with Gasteiger partial charge in [0.2, 0.25) is 5.91 Å². The van der Waals surface area contributed by atoms with Crippen molar-refractivity contribution in [3.63, 3.8) is 0 Å². The van der Waals surface area contributed by atoms with Crippen LogP contribution < -0.4 is 10.2 Å². The molecular weight excluding hydrogens is 310 g/mol. The molecule has 2 heterocycles. The first-order chi connectivity index (χ1) is 11.3. The zero-order valence-corrected chi connectivity index (χ0v) is 14.7. The fourth-order valence-electron chi connectivity index (χ4n) is 2.20. The Morgan fingerprint density at radius 3 is 2.33 bits per heavy atom. The third-order valence-corrected chi connectivity index (χ3v) is 3.70. The molecule has 1 aromatic rings. The van der Waals surface area contributed by atoms with Crippen LogP contribution in [0.4, 0.5) is 16.4 Å². The smallest absolute Gasteiger partial charge is 0.409 e. The molecule has 1 fully saturated rings. The SMILES string of the molecule is CCOC(=O)N1CCN(c2ccc(NC(=O)C(C)(C)C)nn2)CC1. The Morgan fingerprint density at radius 2 is 1.83 bits per heavy atom. The van der Waals surface area contributed by atoms with Crippen LogP contribution in [-0.4, -0.2) is 59.9 Å². The first kappa shape index (κ1) is 18.0. The highest BCUT2D eigenvalue weighted by Gasteiger charge is 2.24. The first-order valence-electron chi connectivity index (χ1n) is 8.13. The van der Waals surface area contributed by atoms with Gasteiger partial charge in [0.15, 0.2) is 11.6 Å². The third kappa shape index (κ3) is 4.56. The number of anilines is 2. The topological polar surface area (TPSA) is 87.7 Å². The Morgan fingerprint density at radius 1 is 1.17 bits per heavy atom. The lowest BCUT2D eigenvalue weighted by Crippen LogP contribution is -2.49. The van der Waals surface area contributed by atoms with Crippen molar-refractivity contribution in [3.8, 4) is 0 Å². The van der Waals surface area contributed by atoms with E-state index in [0.717, 1.165) is 5.82 Å². The summed E-state index contributed by atoms with van der Waals surface area (Å²) < 4.78 is 5.00. The van der Waals surface area contributed by atoms with E-state index < -0.39 is 5.41 Å². The number of nitrogens with one attached hydrogen (secondary N) is 1. The van der Waals surface area contributed by atoms with Crippen molar-refractivity contribution in [2.24, 2.45) is 5.41 Å². The summed E-state index contributed by atoms with van der Waals surface area (Å²) in [6, 6.07) is 3.56. The van der Waals surface area contributed by atoms with Crippen LogP contribution >= 0.6 is 0 Å². The van der Waals surface area contributed by atoms with Gasteiger partial charge in [0, 0.05) is 31.6 Å². The monoisotopic (exact) mass is 335 g/mol. The molecule has 0 atom stereocenters. The number of amides is 2. The molecule has 1 saturated heterocycles. The molecular formula is C16H25N5O3. The molecule has 1 aliphatic rings. The van der Waals surface area contributed by atoms with E-state index in [4.69, 9.17) is 4.74 Å². The molecule has 2 amide bonds. The van der Waals surface area contributed by atoms with Gasteiger partial charge >= 0.3 is 6.09 Å². The minimum atomic E-state index is -0.482. The molecule has 0 aliphatic carbocycles. The van der Waals surface area contributed by atoms with E-state index in [1.54, 1.807) is 17.9 Å². The van der Waals surface area contributed by atoms with Crippen molar-refractivity contribution in [3.05, 3.63) is 12.1 Å². The zero-order valence-electron chi connectivity index (χ0n) is 14.7. The van der Waals surface area contributed by atoms with Crippen LogP contribution in [0.25, 0.3) is 0 Å². The molecule has 0 bridgehead atoms. The van der Waals surface area contributed by atoms with E-state index in [0.29, 0.717) is 38.6 Å². The van der Waals surface area contributed by atoms with Gasteiger partial charge in [-0.15, -0.1) is 10.2 Å².